The summed E-state index contributed by atoms with van der Waals surface area (Å²) in [6.45, 7) is 5.20. The van der Waals surface area contributed by atoms with E-state index < -0.39 is 0 Å². The molecule has 0 spiro atoms. The van der Waals surface area contributed by atoms with Gasteiger partial charge in [0.15, 0.2) is 0 Å². The third-order valence-corrected chi connectivity index (χ3v) is 7.31. The maximum absolute atomic E-state index is 4.73. The summed E-state index contributed by atoms with van der Waals surface area (Å²) in [5, 5.41) is 6.74. The van der Waals surface area contributed by atoms with Crippen LogP contribution >= 0.6 is 0 Å². The quantitative estimate of drug-likeness (QED) is 0.384. The molecule has 7 nitrogen and oxygen atoms in total. The summed E-state index contributed by atoms with van der Waals surface area (Å²) in [6.07, 6.45) is 4.90. The Morgan fingerprint density at radius 2 is 1.83 bits per heavy atom. The lowest BCUT2D eigenvalue weighted by Crippen LogP contribution is -2.44. The van der Waals surface area contributed by atoms with E-state index >= 15 is 0 Å². The number of anilines is 4. The molecule has 2 N–H and O–H groups in total. The van der Waals surface area contributed by atoms with Crippen molar-refractivity contribution in [3.05, 3.63) is 90.3 Å². The Bertz CT molecular complexity index is 1340. The highest BCUT2D eigenvalue weighted by Gasteiger charge is 2.41. The first kappa shape index (κ1) is 22.5. The lowest BCUT2D eigenvalue weighted by atomic mass is 10.1. The third kappa shape index (κ3) is 4.62. The molecule has 0 saturated carbocycles. The molecule has 2 saturated heterocycles. The van der Waals surface area contributed by atoms with E-state index in [9.17, 15) is 0 Å². The summed E-state index contributed by atoms with van der Waals surface area (Å²) >= 11 is 0. The van der Waals surface area contributed by atoms with Crippen LogP contribution in [0.2, 0.25) is 0 Å². The highest BCUT2D eigenvalue weighted by Crippen LogP contribution is 2.36. The maximum Gasteiger partial charge on any atom is 0.227 e. The number of nitrogens with zero attached hydrogens (tertiary/aromatic N) is 5. The number of hydrogen-bond donors (Lipinski definition) is 2. The minimum atomic E-state index is 0.577. The average Bonchev–Trinajstić information content (AvgIpc) is 3.48. The molecule has 4 aromatic rings. The van der Waals surface area contributed by atoms with Crippen molar-refractivity contribution in [3.8, 4) is 11.3 Å². The zero-order valence-electron chi connectivity index (χ0n) is 20.7. The van der Waals surface area contributed by atoms with Crippen molar-refractivity contribution >= 4 is 23.1 Å². The number of likely N-dealkylation sites (N-methyl/N-ethyl adjacent to an activating group) is 1. The molecule has 2 fully saturated rings. The Hall–Kier alpha value is -3.97. The van der Waals surface area contributed by atoms with Crippen molar-refractivity contribution in [3.63, 3.8) is 0 Å². The molecule has 0 unspecified atom stereocenters. The van der Waals surface area contributed by atoms with E-state index in [1.54, 1.807) is 6.20 Å². The molecule has 4 heterocycles. The van der Waals surface area contributed by atoms with Crippen LogP contribution in [0.1, 0.15) is 17.5 Å². The monoisotopic (exact) mass is 477 g/mol. The Labute approximate surface area is 212 Å². The SMILES string of the molecule is Cc1cc(Nc2nccc(-c3ccc(NCc4ccccc4)nc3)n2)ccc1N1C[C@H]2C[C@H]1CN2C. The first-order chi connectivity index (χ1) is 17.6. The molecule has 2 aliphatic heterocycles. The number of fused-ring (bicyclic) bond motifs is 2. The molecule has 0 amide bonds. The van der Waals surface area contributed by atoms with Crippen LogP contribution in [0.4, 0.5) is 23.1 Å². The predicted octanol–water partition coefficient (Wildman–Crippen LogP) is 5.10. The lowest BCUT2D eigenvalue weighted by molar-refractivity contribution is 0.292. The van der Waals surface area contributed by atoms with E-state index in [4.69, 9.17) is 4.98 Å². The maximum atomic E-state index is 4.73. The smallest absolute Gasteiger partial charge is 0.227 e. The van der Waals surface area contributed by atoms with Gasteiger partial charge in [-0.2, -0.15) is 0 Å². The first-order valence-corrected chi connectivity index (χ1v) is 12.5. The molecule has 2 aromatic heterocycles. The van der Waals surface area contributed by atoms with Gasteiger partial charge in [-0.05, 0) is 67.9 Å². The molecular formula is C29H31N7. The normalized spacial score (nSPS) is 19.0. The summed E-state index contributed by atoms with van der Waals surface area (Å²) in [7, 11) is 2.24. The highest BCUT2D eigenvalue weighted by atomic mass is 15.3. The number of likely N-dealkylation sites (tertiary alicyclic amines) is 1. The van der Waals surface area contributed by atoms with Crippen LogP contribution in [0.25, 0.3) is 11.3 Å². The fraction of sp³-hybridized carbons (Fsp3) is 0.276. The van der Waals surface area contributed by atoms with E-state index in [0.717, 1.165) is 42.4 Å². The molecule has 6 rings (SSSR count). The number of aromatic nitrogens is 3. The van der Waals surface area contributed by atoms with Crippen LogP contribution in [-0.2, 0) is 6.54 Å². The van der Waals surface area contributed by atoms with Gasteiger partial charge in [-0.25, -0.2) is 15.0 Å². The highest BCUT2D eigenvalue weighted by molar-refractivity contribution is 5.66. The van der Waals surface area contributed by atoms with Crippen LogP contribution in [0.3, 0.4) is 0 Å². The molecule has 7 heteroatoms. The van der Waals surface area contributed by atoms with E-state index in [0.29, 0.717) is 18.0 Å². The number of nitrogens with one attached hydrogen (secondary N) is 2. The van der Waals surface area contributed by atoms with E-state index in [1.807, 2.05) is 42.6 Å². The first-order valence-electron chi connectivity index (χ1n) is 12.5. The van der Waals surface area contributed by atoms with Gasteiger partial charge in [-0.3, -0.25) is 4.90 Å². The van der Waals surface area contributed by atoms with Crippen LogP contribution in [0, 0.1) is 6.92 Å². The molecular weight excluding hydrogens is 446 g/mol. The summed E-state index contributed by atoms with van der Waals surface area (Å²) in [6, 6.07) is 24.1. The van der Waals surface area contributed by atoms with Gasteiger partial charge in [0.2, 0.25) is 5.95 Å². The van der Waals surface area contributed by atoms with Gasteiger partial charge in [0.05, 0.1) is 5.69 Å². The van der Waals surface area contributed by atoms with Crippen molar-refractivity contribution < 1.29 is 0 Å². The zero-order valence-corrected chi connectivity index (χ0v) is 20.7. The molecule has 182 valence electrons. The number of pyridine rings is 1. The van der Waals surface area contributed by atoms with E-state index in [2.05, 4.69) is 74.7 Å². The second kappa shape index (κ2) is 9.59. The van der Waals surface area contributed by atoms with Gasteiger partial charge in [0.1, 0.15) is 5.82 Å². The second-order valence-corrected chi connectivity index (χ2v) is 9.80. The summed E-state index contributed by atoms with van der Waals surface area (Å²) in [5.41, 5.74) is 6.61. The minimum absolute atomic E-state index is 0.577. The summed E-state index contributed by atoms with van der Waals surface area (Å²) < 4.78 is 0. The molecule has 36 heavy (non-hydrogen) atoms. The molecule has 2 atom stereocenters. The summed E-state index contributed by atoms with van der Waals surface area (Å²) in [4.78, 5) is 18.8. The molecule has 2 bridgehead atoms. The van der Waals surface area contributed by atoms with Crippen molar-refractivity contribution in [1.29, 1.82) is 0 Å². The van der Waals surface area contributed by atoms with Crippen LogP contribution in [0.5, 0.6) is 0 Å². The number of piperazine rings is 1. The van der Waals surface area contributed by atoms with Gasteiger partial charge in [-0.15, -0.1) is 0 Å². The average molecular weight is 478 g/mol. The van der Waals surface area contributed by atoms with Crippen molar-refractivity contribution in [2.24, 2.45) is 0 Å². The van der Waals surface area contributed by atoms with Gasteiger partial charge in [-0.1, -0.05) is 30.3 Å². The predicted molar refractivity (Wildman–Crippen MR) is 146 cm³/mol. The van der Waals surface area contributed by atoms with Crippen LogP contribution in [0.15, 0.2) is 79.1 Å². The zero-order chi connectivity index (χ0) is 24.5. The molecule has 2 aliphatic rings. The van der Waals surface area contributed by atoms with Crippen molar-refractivity contribution in [2.75, 3.05) is 35.7 Å². The largest absolute Gasteiger partial charge is 0.366 e. The third-order valence-electron chi connectivity index (χ3n) is 7.31. The van der Waals surface area contributed by atoms with Gasteiger partial charge >= 0.3 is 0 Å². The van der Waals surface area contributed by atoms with Crippen molar-refractivity contribution in [1.82, 2.24) is 19.9 Å². The molecule has 0 radical (unpaired) electrons. The fourth-order valence-corrected chi connectivity index (χ4v) is 5.36. The van der Waals surface area contributed by atoms with Crippen LogP contribution in [-0.4, -0.2) is 52.1 Å². The fourth-order valence-electron chi connectivity index (χ4n) is 5.36. The Balaban J connectivity index is 1.12. The number of benzene rings is 2. The number of hydrogen-bond acceptors (Lipinski definition) is 7. The Morgan fingerprint density at radius 1 is 0.944 bits per heavy atom. The number of rotatable bonds is 7. The van der Waals surface area contributed by atoms with Crippen molar-refractivity contribution in [2.45, 2.75) is 32.0 Å². The molecule has 0 aliphatic carbocycles. The van der Waals surface area contributed by atoms with Gasteiger partial charge < -0.3 is 15.5 Å². The van der Waals surface area contributed by atoms with E-state index in [1.165, 1.54) is 23.2 Å². The minimum Gasteiger partial charge on any atom is -0.366 e. The standard InChI is InChI=1S/C29H31N7/c1-20-14-23(9-10-27(20)36-19-24-15-25(36)18-35(24)2)33-29-30-13-12-26(34-29)22-8-11-28(32-17-22)31-16-21-6-4-3-5-7-21/h3-14,17,24-25H,15-16,18-19H2,1-2H3,(H,31,32)(H,30,33,34)/t24-,25+/m1/s1. The topological polar surface area (TPSA) is 69.2 Å². The number of aryl methyl sites for hydroxylation is 1. The Morgan fingerprint density at radius 3 is 2.56 bits per heavy atom. The van der Waals surface area contributed by atoms with Crippen LogP contribution < -0.4 is 15.5 Å². The molecule has 2 aromatic carbocycles. The van der Waals surface area contributed by atoms with E-state index in [-0.39, 0.29) is 0 Å². The Kier molecular flexibility index (Phi) is 5.99. The van der Waals surface area contributed by atoms with Gasteiger partial charge in [0, 0.05) is 61.0 Å². The van der Waals surface area contributed by atoms with Gasteiger partial charge in [0.25, 0.3) is 0 Å². The summed E-state index contributed by atoms with van der Waals surface area (Å²) in [5.74, 6) is 1.41. The second-order valence-electron chi connectivity index (χ2n) is 9.80. The lowest BCUT2D eigenvalue weighted by Gasteiger charge is -2.34.